The minimum Gasteiger partial charge on any atom is -0.309 e. The second-order valence-electron chi connectivity index (χ2n) is 6.03. The summed E-state index contributed by atoms with van der Waals surface area (Å²) < 4.78 is 0. The van der Waals surface area contributed by atoms with E-state index in [2.05, 4.69) is 56.8 Å². The van der Waals surface area contributed by atoms with E-state index in [1.165, 1.54) is 21.9 Å². The Kier molecular flexibility index (Phi) is 4.08. The van der Waals surface area contributed by atoms with Crippen molar-refractivity contribution in [2.24, 2.45) is 0 Å². The Labute approximate surface area is 140 Å². The van der Waals surface area contributed by atoms with Crippen molar-refractivity contribution in [3.63, 3.8) is 0 Å². The van der Waals surface area contributed by atoms with E-state index in [1.807, 2.05) is 6.92 Å². The number of nitrogens with one attached hydrogen (secondary N) is 1. The highest BCUT2D eigenvalue weighted by atomic mass is 32.1. The SMILES string of the molecule is Cc1nnc(CNCCN2Cc3cccc4cccc(c34)C2)s1. The second-order valence-corrected chi connectivity index (χ2v) is 7.30. The van der Waals surface area contributed by atoms with E-state index >= 15 is 0 Å². The monoisotopic (exact) mass is 324 g/mol. The van der Waals surface area contributed by atoms with Gasteiger partial charge in [0.15, 0.2) is 0 Å². The molecule has 0 unspecified atom stereocenters. The third kappa shape index (κ3) is 3.13. The number of nitrogens with zero attached hydrogens (tertiary/aromatic N) is 3. The quantitative estimate of drug-likeness (QED) is 0.732. The van der Waals surface area contributed by atoms with Crippen molar-refractivity contribution in [3.8, 4) is 0 Å². The fraction of sp³-hybridized carbons (Fsp3) is 0.333. The maximum absolute atomic E-state index is 4.15. The fourth-order valence-electron chi connectivity index (χ4n) is 3.30. The molecule has 0 spiro atoms. The summed E-state index contributed by atoms with van der Waals surface area (Å²) in [6, 6.07) is 13.3. The van der Waals surface area contributed by atoms with Crippen molar-refractivity contribution >= 4 is 22.1 Å². The first-order chi connectivity index (χ1) is 11.3. The topological polar surface area (TPSA) is 41.1 Å². The molecule has 3 aromatic rings. The smallest absolute Gasteiger partial charge is 0.131 e. The minimum absolute atomic E-state index is 0.811. The van der Waals surface area contributed by atoms with Crippen molar-refractivity contribution in [1.82, 2.24) is 20.4 Å². The van der Waals surface area contributed by atoms with Crippen molar-refractivity contribution < 1.29 is 0 Å². The second kappa shape index (κ2) is 6.35. The number of rotatable bonds is 5. The van der Waals surface area contributed by atoms with Gasteiger partial charge in [-0.25, -0.2) is 0 Å². The molecule has 0 saturated heterocycles. The lowest BCUT2D eigenvalue weighted by atomic mass is 9.95. The molecule has 0 aliphatic carbocycles. The number of hydrogen-bond donors (Lipinski definition) is 1. The number of aryl methyl sites for hydroxylation is 1. The van der Waals surface area contributed by atoms with Gasteiger partial charge in [0.2, 0.25) is 0 Å². The first-order valence-electron chi connectivity index (χ1n) is 8.01. The van der Waals surface area contributed by atoms with Crippen molar-refractivity contribution in [2.45, 2.75) is 26.6 Å². The van der Waals surface area contributed by atoms with E-state index in [1.54, 1.807) is 11.3 Å². The summed E-state index contributed by atoms with van der Waals surface area (Å²) in [6.45, 7) is 6.89. The lowest BCUT2D eigenvalue weighted by Crippen LogP contribution is -2.33. The van der Waals surface area contributed by atoms with Gasteiger partial charge >= 0.3 is 0 Å². The van der Waals surface area contributed by atoms with Gasteiger partial charge in [-0.15, -0.1) is 21.5 Å². The number of hydrogen-bond acceptors (Lipinski definition) is 5. The summed E-state index contributed by atoms with van der Waals surface area (Å²) in [5, 5.41) is 16.6. The van der Waals surface area contributed by atoms with Gasteiger partial charge in [-0.3, -0.25) is 4.90 Å². The van der Waals surface area contributed by atoms with E-state index in [4.69, 9.17) is 0 Å². The van der Waals surface area contributed by atoms with Gasteiger partial charge < -0.3 is 5.32 Å². The van der Waals surface area contributed by atoms with Gasteiger partial charge in [0.1, 0.15) is 10.0 Å². The maximum Gasteiger partial charge on any atom is 0.131 e. The molecule has 5 heteroatoms. The summed E-state index contributed by atoms with van der Waals surface area (Å²) >= 11 is 1.66. The van der Waals surface area contributed by atoms with Crippen LogP contribution in [0.3, 0.4) is 0 Å². The lowest BCUT2D eigenvalue weighted by molar-refractivity contribution is 0.252. The predicted octanol–water partition coefficient (Wildman–Crippen LogP) is 3.11. The zero-order chi connectivity index (χ0) is 15.6. The van der Waals surface area contributed by atoms with Crippen LogP contribution < -0.4 is 5.32 Å². The normalized spacial score (nSPS) is 14.5. The standard InChI is InChI=1S/C18H20N4S/c1-13-20-21-17(23-13)10-19-8-9-22-11-15-6-2-4-14-5-3-7-16(12-22)18(14)15/h2-7,19H,8-12H2,1H3. The van der Waals surface area contributed by atoms with Crippen LogP contribution in [-0.4, -0.2) is 28.2 Å². The first kappa shape index (κ1) is 14.8. The highest BCUT2D eigenvalue weighted by Gasteiger charge is 2.17. The van der Waals surface area contributed by atoms with Gasteiger partial charge in [0.25, 0.3) is 0 Å². The van der Waals surface area contributed by atoms with Crippen LogP contribution in [0.2, 0.25) is 0 Å². The van der Waals surface area contributed by atoms with Gasteiger partial charge in [-0.05, 0) is 28.8 Å². The molecule has 0 amide bonds. The largest absolute Gasteiger partial charge is 0.309 e. The molecule has 0 bridgehead atoms. The lowest BCUT2D eigenvalue weighted by Gasteiger charge is -2.29. The summed E-state index contributed by atoms with van der Waals surface area (Å²) in [7, 11) is 0. The van der Waals surface area contributed by atoms with Gasteiger partial charge in [-0.1, -0.05) is 36.4 Å². The van der Waals surface area contributed by atoms with E-state index in [-0.39, 0.29) is 0 Å². The fourth-order valence-corrected chi connectivity index (χ4v) is 3.98. The summed E-state index contributed by atoms with van der Waals surface area (Å²) in [6.07, 6.45) is 0. The molecular formula is C18H20N4S. The molecular weight excluding hydrogens is 304 g/mol. The van der Waals surface area contributed by atoms with E-state index < -0.39 is 0 Å². The Morgan fingerprint density at radius 3 is 2.48 bits per heavy atom. The molecule has 0 fully saturated rings. The molecule has 2 aromatic carbocycles. The van der Waals surface area contributed by atoms with E-state index in [9.17, 15) is 0 Å². The van der Waals surface area contributed by atoms with Crippen LogP contribution in [0, 0.1) is 6.92 Å². The van der Waals surface area contributed by atoms with Crippen LogP contribution in [0.4, 0.5) is 0 Å². The summed E-state index contributed by atoms with van der Waals surface area (Å²) in [5.41, 5.74) is 2.90. The third-order valence-electron chi connectivity index (χ3n) is 4.31. The molecule has 4 rings (SSSR count). The van der Waals surface area contributed by atoms with Crippen LogP contribution in [-0.2, 0) is 19.6 Å². The Morgan fingerprint density at radius 2 is 1.83 bits per heavy atom. The van der Waals surface area contributed by atoms with Crippen molar-refractivity contribution in [2.75, 3.05) is 13.1 Å². The van der Waals surface area contributed by atoms with Crippen molar-refractivity contribution in [3.05, 3.63) is 57.5 Å². The molecule has 118 valence electrons. The van der Waals surface area contributed by atoms with Gasteiger partial charge in [-0.2, -0.15) is 0 Å². The molecule has 23 heavy (non-hydrogen) atoms. The zero-order valence-electron chi connectivity index (χ0n) is 13.2. The van der Waals surface area contributed by atoms with Crippen molar-refractivity contribution in [1.29, 1.82) is 0 Å². The third-order valence-corrected chi connectivity index (χ3v) is 5.15. The van der Waals surface area contributed by atoms with Crippen LogP contribution >= 0.6 is 11.3 Å². The molecule has 1 aliphatic heterocycles. The van der Waals surface area contributed by atoms with Gasteiger partial charge in [0.05, 0.1) is 0 Å². The summed E-state index contributed by atoms with van der Waals surface area (Å²) in [5.74, 6) is 0. The molecule has 4 nitrogen and oxygen atoms in total. The van der Waals surface area contributed by atoms with Crippen LogP contribution in [0.5, 0.6) is 0 Å². The first-order valence-corrected chi connectivity index (χ1v) is 8.83. The molecule has 0 atom stereocenters. The van der Waals surface area contributed by atoms with Crippen LogP contribution in [0.1, 0.15) is 21.1 Å². The van der Waals surface area contributed by atoms with Gasteiger partial charge in [0, 0.05) is 32.7 Å². The Morgan fingerprint density at radius 1 is 1.09 bits per heavy atom. The molecule has 0 radical (unpaired) electrons. The zero-order valence-corrected chi connectivity index (χ0v) is 14.1. The Bertz CT molecular complexity index is 786. The van der Waals surface area contributed by atoms with E-state index in [0.717, 1.165) is 42.7 Å². The van der Waals surface area contributed by atoms with E-state index in [0.29, 0.717) is 0 Å². The predicted molar refractivity (Wildman–Crippen MR) is 94.4 cm³/mol. The Balaban J connectivity index is 1.37. The molecule has 1 aromatic heterocycles. The average Bonchev–Trinajstić information content (AvgIpc) is 2.98. The van der Waals surface area contributed by atoms with Crippen LogP contribution in [0.15, 0.2) is 36.4 Å². The summed E-state index contributed by atoms with van der Waals surface area (Å²) in [4.78, 5) is 2.51. The molecule has 1 N–H and O–H groups in total. The molecule has 1 aliphatic rings. The average molecular weight is 324 g/mol. The number of aromatic nitrogens is 2. The Hall–Kier alpha value is -1.82. The minimum atomic E-state index is 0.811. The highest BCUT2D eigenvalue weighted by molar-refractivity contribution is 7.11. The maximum atomic E-state index is 4.15. The van der Waals surface area contributed by atoms with Crippen LogP contribution in [0.25, 0.3) is 10.8 Å². The highest BCUT2D eigenvalue weighted by Crippen LogP contribution is 2.29. The molecule has 2 heterocycles. The molecule has 0 saturated carbocycles. The number of benzene rings is 2.